The first-order valence-electron chi connectivity index (χ1n) is 4.39. The van der Waals surface area contributed by atoms with Gasteiger partial charge in [-0.05, 0) is 12.8 Å². The lowest BCUT2D eigenvalue weighted by atomic mass is 10.3. The van der Waals surface area contributed by atoms with Crippen LogP contribution in [-0.4, -0.2) is 25.6 Å². The van der Waals surface area contributed by atoms with Crippen LogP contribution in [0.15, 0.2) is 4.99 Å². The van der Waals surface area contributed by atoms with Gasteiger partial charge in [0.1, 0.15) is 12.4 Å². The molecule has 12 heavy (non-hydrogen) atoms. The normalized spacial score (nSPS) is 20.0. The van der Waals surface area contributed by atoms with Gasteiger partial charge in [0, 0.05) is 7.11 Å². The quantitative estimate of drug-likeness (QED) is 0.280. The summed E-state index contributed by atoms with van der Waals surface area (Å²) in [5.41, 5.74) is 2.55. The monoisotopic (exact) mass is 171 g/mol. The van der Waals surface area contributed by atoms with Crippen LogP contribution < -0.4 is 11.3 Å². The van der Waals surface area contributed by atoms with Crippen molar-refractivity contribution in [3.63, 3.8) is 0 Å². The van der Waals surface area contributed by atoms with E-state index in [0.717, 1.165) is 5.84 Å². The molecule has 4 heteroatoms. The Morgan fingerprint density at radius 2 is 2.25 bits per heavy atom. The Morgan fingerprint density at radius 1 is 1.58 bits per heavy atom. The lowest BCUT2D eigenvalue weighted by Crippen LogP contribution is -2.34. The number of hydrogen-bond acceptors (Lipinski definition) is 3. The molecule has 0 spiro atoms. The van der Waals surface area contributed by atoms with Crippen molar-refractivity contribution >= 4 is 5.84 Å². The van der Waals surface area contributed by atoms with E-state index in [-0.39, 0.29) is 0 Å². The van der Waals surface area contributed by atoms with Gasteiger partial charge in [-0.2, -0.15) is 0 Å². The summed E-state index contributed by atoms with van der Waals surface area (Å²) in [5.74, 6) is 6.03. The number of nitrogens with zero attached hydrogens (tertiary/aromatic N) is 1. The van der Waals surface area contributed by atoms with Gasteiger partial charge in [-0.3, -0.25) is 4.99 Å². The summed E-state index contributed by atoms with van der Waals surface area (Å²) < 4.78 is 4.93. The minimum atomic E-state index is 0.464. The summed E-state index contributed by atoms with van der Waals surface area (Å²) in [6, 6.07) is 0.464. The van der Waals surface area contributed by atoms with Gasteiger partial charge in [-0.1, -0.05) is 12.8 Å². The van der Waals surface area contributed by atoms with E-state index in [1.165, 1.54) is 25.7 Å². The van der Waals surface area contributed by atoms with Gasteiger partial charge >= 0.3 is 0 Å². The lowest BCUT2D eigenvalue weighted by molar-refractivity contribution is 0.242. The molecule has 0 aromatic carbocycles. The molecule has 1 fully saturated rings. The molecule has 4 nitrogen and oxygen atoms in total. The molecule has 0 aliphatic heterocycles. The van der Waals surface area contributed by atoms with Crippen LogP contribution in [0, 0.1) is 0 Å². The smallest absolute Gasteiger partial charge is 0.137 e. The molecule has 1 rings (SSSR count). The van der Waals surface area contributed by atoms with Crippen LogP contribution in [0.3, 0.4) is 0 Å². The van der Waals surface area contributed by atoms with Crippen molar-refractivity contribution in [3.8, 4) is 0 Å². The predicted molar refractivity (Wildman–Crippen MR) is 48.9 cm³/mol. The van der Waals surface area contributed by atoms with E-state index < -0.39 is 0 Å². The van der Waals surface area contributed by atoms with Gasteiger partial charge in [0.2, 0.25) is 0 Å². The van der Waals surface area contributed by atoms with Crippen LogP contribution in [0.4, 0.5) is 0 Å². The molecule has 1 aliphatic rings. The third-order valence-electron chi connectivity index (χ3n) is 2.11. The van der Waals surface area contributed by atoms with Gasteiger partial charge in [-0.15, -0.1) is 0 Å². The second kappa shape index (κ2) is 5.11. The molecule has 1 saturated carbocycles. The highest BCUT2D eigenvalue weighted by Crippen LogP contribution is 2.20. The van der Waals surface area contributed by atoms with Crippen LogP contribution >= 0.6 is 0 Å². The van der Waals surface area contributed by atoms with E-state index in [0.29, 0.717) is 12.6 Å². The van der Waals surface area contributed by atoms with Crippen molar-refractivity contribution in [1.29, 1.82) is 0 Å². The van der Waals surface area contributed by atoms with Crippen LogP contribution in [0.25, 0.3) is 0 Å². The highest BCUT2D eigenvalue weighted by atomic mass is 16.5. The van der Waals surface area contributed by atoms with E-state index in [1.54, 1.807) is 7.11 Å². The number of nitrogens with two attached hydrogens (primary N) is 1. The van der Waals surface area contributed by atoms with E-state index in [9.17, 15) is 0 Å². The van der Waals surface area contributed by atoms with Gasteiger partial charge in [0.15, 0.2) is 0 Å². The Labute approximate surface area is 73.2 Å². The highest BCUT2D eigenvalue weighted by molar-refractivity contribution is 5.82. The maximum atomic E-state index is 5.28. The highest BCUT2D eigenvalue weighted by Gasteiger charge is 2.14. The van der Waals surface area contributed by atoms with E-state index >= 15 is 0 Å². The molecule has 0 aromatic rings. The molecule has 0 atom stereocenters. The Kier molecular flexibility index (Phi) is 4.04. The molecule has 0 unspecified atom stereocenters. The number of aliphatic imine (C=N–C) groups is 1. The van der Waals surface area contributed by atoms with Gasteiger partial charge in [-0.25, -0.2) is 5.84 Å². The summed E-state index contributed by atoms with van der Waals surface area (Å²) >= 11 is 0. The number of amidine groups is 1. The number of ether oxygens (including phenoxy) is 1. The molecule has 0 heterocycles. The molecule has 0 amide bonds. The molecule has 0 bridgehead atoms. The van der Waals surface area contributed by atoms with Crippen molar-refractivity contribution in [3.05, 3.63) is 0 Å². The zero-order valence-corrected chi connectivity index (χ0v) is 7.55. The standard InChI is InChI=1S/C8H17N3O/c1-12-6-8(11-9)10-7-4-2-3-5-7/h7H,2-6,9H2,1H3,(H,10,11). The molecular weight excluding hydrogens is 154 g/mol. The van der Waals surface area contributed by atoms with Crippen LogP contribution in [0.1, 0.15) is 25.7 Å². The number of rotatable bonds is 3. The molecule has 0 radical (unpaired) electrons. The minimum Gasteiger partial charge on any atom is -0.377 e. The summed E-state index contributed by atoms with van der Waals surface area (Å²) in [6.07, 6.45) is 4.96. The maximum absolute atomic E-state index is 5.28. The summed E-state index contributed by atoms with van der Waals surface area (Å²) in [5, 5.41) is 0. The first kappa shape index (κ1) is 9.48. The van der Waals surface area contributed by atoms with Crippen molar-refractivity contribution in [2.24, 2.45) is 10.8 Å². The van der Waals surface area contributed by atoms with Gasteiger partial charge < -0.3 is 10.2 Å². The first-order chi connectivity index (χ1) is 5.86. The minimum absolute atomic E-state index is 0.464. The fraction of sp³-hybridized carbons (Fsp3) is 0.875. The average Bonchev–Trinajstić information content (AvgIpc) is 2.56. The van der Waals surface area contributed by atoms with Crippen molar-refractivity contribution in [1.82, 2.24) is 5.43 Å². The molecule has 3 N–H and O–H groups in total. The first-order valence-corrected chi connectivity index (χ1v) is 4.39. The van der Waals surface area contributed by atoms with Crippen LogP contribution in [0.5, 0.6) is 0 Å². The lowest BCUT2D eigenvalue weighted by Gasteiger charge is -2.07. The molecule has 1 aliphatic carbocycles. The number of hydrazine groups is 1. The van der Waals surface area contributed by atoms with Crippen LogP contribution in [0.2, 0.25) is 0 Å². The molecule has 0 aromatic heterocycles. The second-order valence-corrected chi connectivity index (χ2v) is 3.09. The van der Waals surface area contributed by atoms with E-state index in [2.05, 4.69) is 10.4 Å². The second-order valence-electron chi connectivity index (χ2n) is 3.09. The third kappa shape index (κ3) is 2.79. The van der Waals surface area contributed by atoms with E-state index in [1.807, 2.05) is 0 Å². The SMILES string of the molecule is COCC(=NC1CCCC1)NN. The Hall–Kier alpha value is -0.610. The van der Waals surface area contributed by atoms with Gasteiger partial charge in [0.25, 0.3) is 0 Å². The summed E-state index contributed by atoms with van der Waals surface area (Å²) in [7, 11) is 1.64. The predicted octanol–water partition coefficient (Wildman–Crippen LogP) is 0.437. The Bertz CT molecular complexity index is 152. The molecule has 70 valence electrons. The Balaban J connectivity index is 2.38. The number of hydrogen-bond donors (Lipinski definition) is 2. The van der Waals surface area contributed by atoms with Crippen molar-refractivity contribution in [2.75, 3.05) is 13.7 Å². The number of methoxy groups -OCH3 is 1. The zero-order chi connectivity index (χ0) is 8.81. The topological polar surface area (TPSA) is 59.6 Å². The van der Waals surface area contributed by atoms with Crippen molar-refractivity contribution < 1.29 is 4.74 Å². The molecular formula is C8H17N3O. The fourth-order valence-electron chi connectivity index (χ4n) is 1.51. The maximum Gasteiger partial charge on any atom is 0.137 e. The van der Waals surface area contributed by atoms with E-state index in [4.69, 9.17) is 10.6 Å². The third-order valence-corrected chi connectivity index (χ3v) is 2.11. The summed E-state index contributed by atoms with van der Waals surface area (Å²) in [6.45, 7) is 0.479. The van der Waals surface area contributed by atoms with Crippen LogP contribution in [-0.2, 0) is 4.74 Å². The summed E-state index contributed by atoms with van der Waals surface area (Å²) in [4.78, 5) is 4.44. The average molecular weight is 171 g/mol. The molecule has 0 saturated heterocycles. The largest absolute Gasteiger partial charge is 0.377 e. The fourth-order valence-corrected chi connectivity index (χ4v) is 1.51. The Morgan fingerprint density at radius 3 is 2.75 bits per heavy atom. The zero-order valence-electron chi connectivity index (χ0n) is 7.55. The van der Waals surface area contributed by atoms with Crippen molar-refractivity contribution in [2.45, 2.75) is 31.7 Å². The number of nitrogens with one attached hydrogen (secondary N) is 1. The van der Waals surface area contributed by atoms with Gasteiger partial charge in [0.05, 0.1) is 6.04 Å².